The van der Waals surface area contributed by atoms with Crippen LogP contribution in [0, 0.1) is 12.3 Å². The largest absolute Gasteiger partial charge is 0.483 e. The first-order valence-corrected chi connectivity index (χ1v) is 6.78. The standard InChI is InChI=1S/C16H20N2O3/c1-4-16(5-2,6-3)18-14(19)11-21-13-10-8-7-9-12(13)15(17)20/h1,7-10H,5-6,11H2,2-3H3,(H2,17,20)(H,18,19). The third-order valence-electron chi connectivity index (χ3n) is 3.37. The van der Waals surface area contributed by atoms with Crippen molar-refractivity contribution in [2.45, 2.75) is 32.2 Å². The molecule has 0 spiro atoms. The van der Waals surface area contributed by atoms with Crippen LogP contribution in [0.1, 0.15) is 37.0 Å². The van der Waals surface area contributed by atoms with E-state index >= 15 is 0 Å². The van der Waals surface area contributed by atoms with Crippen LogP contribution in [0.4, 0.5) is 0 Å². The molecule has 0 heterocycles. The summed E-state index contributed by atoms with van der Waals surface area (Å²) in [6.45, 7) is 3.59. The van der Waals surface area contributed by atoms with Crippen molar-refractivity contribution in [1.29, 1.82) is 0 Å². The van der Waals surface area contributed by atoms with Crippen molar-refractivity contribution in [3.05, 3.63) is 29.8 Å². The van der Waals surface area contributed by atoms with Gasteiger partial charge in [0.15, 0.2) is 6.61 Å². The quantitative estimate of drug-likeness (QED) is 0.745. The monoisotopic (exact) mass is 288 g/mol. The maximum atomic E-state index is 11.9. The van der Waals surface area contributed by atoms with Gasteiger partial charge in [0.1, 0.15) is 11.3 Å². The summed E-state index contributed by atoms with van der Waals surface area (Å²) in [6.07, 6.45) is 6.74. The number of terminal acetylenes is 1. The van der Waals surface area contributed by atoms with E-state index in [-0.39, 0.29) is 23.8 Å². The number of para-hydroxylation sites is 1. The number of hydrogen-bond acceptors (Lipinski definition) is 3. The molecule has 0 unspecified atom stereocenters. The number of carbonyl (C=O) groups is 2. The van der Waals surface area contributed by atoms with Crippen molar-refractivity contribution in [1.82, 2.24) is 5.32 Å². The zero-order valence-corrected chi connectivity index (χ0v) is 12.3. The first kappa shape index (κ1) is 16.6. The van der Waals surface area contributed by atoms with Gasteiger partial charge in [-0.25, -0.2) is 0 Å². The van der Waals surface area contributed by atoms with Crippen molar-refractivity contribution in [3.8, 4) is 18.1 Å². The topological polar surface area (TPSA) is 81.4 Å². The van der Waals surface area contributed by atoms with Gasteiger partial charge >= 0.3 is 0 Å². The fourth-order valence-electron chi connectivity index (χ4n) is 1.91. The Morgan fingerprint density at radius 3 is 2.48 bits per heavy atom. The van der Waals surface area contributed by atoms with Crippen molar-refractivity contribution < 1.29 is 14.3 Å². The number of nitrogens with two attached hydrogens (primary N) is 1. The lowest BCUT2D eigenvalue weighted by Gasteiger charge is -2.27. The minimum absolute atomic E-state index is 0.228. The van der Waals surface area contributed by atoms with E-state index in [2.05, 4.69) is 11.2 Å². The fourth-order valence-corrected chi connectivity index (χ4v) is 1.91. The Morgan fingerprint density at radius 2 is 1.95 bits per heavy atom. The van der Waals surface area contributed by atoms with Crippen molar-refractivity contribution in [3.63, 3.8) is 0 Å². The SMILES string of the molecule is C#CC(CC)(CC)NC(=O)COc1ccccc1C(N)=O. The lowest BCUT2D eigenvalue weighted by Crippen LogP contribution is -2.48. The van der Waals surface area contributed by atoms with Crippen molar-refractivity contribution in [2.24, 2.45) is 5.73 Å². The van der Waals surface area contributed by atoms with Gasteiger partial charge in [0.05, 0.1) is 5.56 Å². The Balaban J connectivity index is 2.70. The molecule has 21 heavy (non-hydrogen) atoms. The Hall–Kier alpha value is -2.48. The number of benzene rings is 1. The third kappa shape index (κ3) is 4.25. The number of carbonyl (C=O) groups excluding carboxylic acids is 2. The minimum atomic E-state index is -0.663. The van der Waals surface area contributed by atoms with E-state index in [9.17, 15) is 9.59 Å². The summed E-state index contributed by atoms with van der Waals surface area (Å²) in [5.41, 5.74) is 4.81. The average molecular weight is 288 g/mol. The van der Waals surface area contributed by atoms with Crippen LogP contribution in [-0.4, -0.2) is 24.0 Å². The number of primary amides is 1. The van der Waals surface area contributed by atoms with E-state index in [0.717, 1.165) is 0 Å². The highest BCUT2D eigenvalue weighted by Crippen LogP contribution is 2.17. The highest BCUT2D eigenvalue weighted by Gasteiger charge is 2.25. The second kappa shape index (κ2) is 7.34. The smallest absolute Gasteiger partial charge is 0.259 e. The Bertz CT molecular complexity index is 557. The molecule has 1 aromatic carbocycles. The predicted molar refractivity (Wildman–Crippen MR) is 80.7 cm³/mol. The first-order valence-electron chi connectivity index (χ1n) is 6.78. The lowest BCUT2D eigenvalue weighted by atomic mass is 9.94. The molecule has 0 atom stereocenters. The van der Waals surface area contributed by atoms with Gasteiger partial charge in [-0.1, -0.05) is 31.9 Å². The number of rotatable bonds is 7. The van der Waals surface area contributed by atoms with E-state index < -0.39 is 11.4 Å². The zero-order chi connectivity index (χ0) is 15.9. The summed E-state index contributed by atoms with van der Waals surface area (Å²) in [7, 11) is 0. The summed E-state index contributed by atoms with van der Waals surface area (Å²) in [4.78, 5) is 23.2. The molecule has 0 aliphatic carbocycles. The van der Waals surface area contributed by atoms with Crippen LogP contribution < -0.4 is 15.8 Å². The summed E-state index contributed by atoms with van der Waals surface area (Å²) in [5.74, 6) is 1.95. The molecule has 0 aromatic heterocycles. The van der Waals surface area contributed by atoms with Gasteiger partial charge in [-0.05, 0) is 25.0 Å². The molecule has 112 valence electrons. The van der Waals surface area contributed by atoms with E-state index in [4.69, 9.17) is 16.9 Å². The summed E-state index contributed by atoms with van der Waals surface area (Å²) in [5, 5.41) is 2.78. The maximum Gasteiger partial charge on any atom is 0.259 e. The van der Waals surface area contributed by atoms with Gasteiger partial charge in [-0.15, -0.1) is 6.42 Å². The van der Waals surface area contributed by atoms with Gasteiger partial charge < -0.3 is 15.8 Å². The minimum Gasteiger partial charge on any atom is -0.483 e. The molecule has 3 N–H and O–H groups in total. The molecule has 0 aliphatic heterocycles. The molecule has 2 amide bonds. The number of nitrogens with one attached hydrogen (secondary N) is 1. The lowest BCUT2D eigenvalue weighted by molar-refractivity contribution is -0.124. The Labute approximate surface area is 124 Å². The van der Waals surface area contributed by atoms with Crippen LogP contribution in [0.15, 0.2) is 24.3 Å². The van der Waals surface area contributed by atoms with Gasteiger partial charge in [0.2, 0.25) is 0 Å². The van der Waals surface area contributed by atoms with E-state index in [0.29, 0.717) is 12.8 Å². The number of amides is 2. The Morgan fingerprint density at radius 1 is 1.33 bits per heavy atom. The molecule has 1 aromatic rings. The molecular formula is C16H20N2O3. The summed E-state index contributed by atoms with van der Waals surface area (Å²) >= 11 is 0. The van der Waals surface area contributed by atoms with Gasteiger partial charge in [0.25, 0.3) is 11.8 Å². The molecule has 0 saturated heterocycles. The third-order valence-corrected chi connectivity index (χ3v) is 3.37. The molecule has 1 rings (SSSR count). The van der Waals surface area contributed by atoms with Gasteiger partial charge in [0, 0.05) is 0 Å². The predicted octanol–water partition coefficient (Wildman–Crippen LogP) is 1.47. The number of hydrogen-bond donors (Lipinski definition) is 2. The fraction of sp³-hybridized carbons (Fsp3) is 0.375. The molecule has 0 fully saturated rings. The second-order valence-corrected chi connectivity index (χ2v) is 4.63. The second-order valence-electron chi connectivity index (χ2n) is 4.63. The molecule has 5 nitrogen and oxygen atoms in total. The van der Waals surface area contributed by atoms with Gasteiger partial charge in [-0.2, -0.15) is 0 Å². The van der Waals surface area contributed by atoms with E-state index in [1.54, 1.807) is 24.3 Å². The zero-order valence-electron chi connectivity index (χ0n) is 12.3. The molecule has 0 aliphatic rings. The van der Waals surface area contributed by atoms with Crippen molar-refractivity contribution >= 4 is 11.8 Å². The van der Waals surface area contributed by atoms with Crippen LogP contribution in [0.25, 0.3) is 0 Å². The molecule has 0 saturated carbocycles. The highest BCUT2D eigenvalue weighted by molar-refractivity contribution is 5.95. The molecule has 5 heteroatoms. The molecule has 0 radical (unpaired) electrons. The molecule has 0 bridgehead atoms. The van der Waals surface area contributed by atoms with Gasteiger partial charge in [-0.3, -0.25) is 9.59 Å². The van der Waals surface area contributed by atoms with E-state index in [1.165, 1.54) is 0 Å². The van der Waals surface area contributed by atoms with Crippen LogP contribution >= 0.6 is 0 Å². The maximum absolute atomic E-state index is 11.9. The average Bonchev–Trinajstić information content (AvgIpc) is 2.51. The first-order chi connectivity index (χ1) is 9.98. The summed E-state index contributed by atoms with van der Waals surface area (Å²) < 4.78 is 5.36. The highest BCUT2D eigenvalue weighted by atomic mass is 16.5. The normalized spacial score (nSPS) is 10.5. The summed E-state index contributed by atoms with van der Waals surface area (Å²) in [6, 6.07) is 6.49. The number of ether oxygens (including phenoxy) is 1. The van der Waals surface area contributed by atoms with Crippen LogP contribution in [-0.2, 0) is 4.79 Å². The molecular weight excluding hydrogens is 268 g/mol. The van der Waals surface area contributed by atoms with Crippen LogP contribution in [0.5, 0.6) is 5.75 Å². The van der Waals surface area contributed by atoms with E-state index in [1.807, 2.05) is 13.8 Å². The van der Waals surface area contributed by atoms with Crippen molar-refractivity contribution in [2.75, 3.05) is 6.61 Å². The van der Waals surface area contributed by atoms with Crippen LogP contribution in [0.2, 0.25) is 0 Å². The Kier molecular flexibility index (Phi) is 5.79. The van der Waals surface area contributed by atoms with Crippen LogP contribution in [0.3, 0.4) is 0 Å².